The van der Waals surface area contributed by atoms with E-state index in [1.54, 1.807) is 12.4 Å². The Kier molecular flexibility index (Phi) is 4.05. The summed E-state index contributed by atoms with van der Waals surface area (Å²) in [4.78, 5) is 8.62. The van der Waals surface area contributed by atoms with Crippen LogP contribution in [0.4, 0.5) is 0 Å². The number of ether oxygens (including phenoxy) is 1. The van der Waals surface area contributed by atoms with E-state index in [0.717, 1.165) is 23.6 Å². The molecule has 0 N–H and O–H groups in total. The van der Waals surface area contributed by atoms with Gasteiger partial charge in [0.2, 0.25) is 0 Å². The van der Waals surface area contributed by atoms with Crippen molar-refractivity contribution < 1.29 is 4.74 Å². The summed E-state index contributed by atoms with van der Waals surface area (Å²) in [6.07, 6.45) is 3.57. The molecule has 0 aliphatic heterocycles. The lowest BCUT2D eigenvalue weighted by Crippen LogP contribution is -1.99. The molecule has 2 aromatic rings. The minimum Gasteiger partial charge on any atom is -0.374 e. The lowest BCUT2D eigenvalue weighted by atomic mass is 10.0. The quantitative estimate of drug-likeness (QED) is 0.822. The third-order valence-corrected chi connectivity index (χ3v) is 2.95. The highest BCUT2D eigenvalue weighted by molar-refractivity contribution is 5.61. The molecule has 1 aromatic heterocycles. The predicted octanol–water partition coefficient (Wildman–Crippen LogP) is 3.55. The molecule has 3 heteroatoms. The van der Waals surface area contributed by atoms with Crippen molar-refractivity contribution in [2.45, 2.75) is 26.9 Å². The summed E-state index contributed by atoms with van der Waals surface area (Å²) < 4.78 is 5.57. The molecule has 0 aliphatic rings. The van der Waals surface area contributed by atoms with Crippen LogP contribution in [-0.2, 0) is 4.74 Å². The third-order valence-electron chi connectivity index (χ3n) is 2.95. The molecule has 2 rings (SSSR count). The van der Waals surface area contributed by atoms with Crippen LogP contribution in [0.2, 0.25) is 0 Å². The van der Waals surface area contributed by atoms with E-state index >= 15 is 0 Å². The first-order valence-corrected chi connectivity index (χ1v) is 6.22. The Labute approximate surface area is 108 Å². The molecule has 0 saturated heterocycles. The third kappa shape index (κ3) is 2.74. The van der Waals surface area contributed by atoms with Crippen molar-refractivity contribution in [2.24, 2.45) is 0 Å². The SMILES string of the molecule is CCO[C@H](C)c1ccc(-c2nccnc2C)cc1. The van der Waals surface area contributed by atoms with Crippen molar-refractivity contribution in [2.75, 3.05) is 6.61 Å². The Hall–Kier alpha value is -1.74. The Morgan fingerprint density at radius 2 is 1.78 bits per heavy atom. The van der Waals surface area contributed by atoms with E-state index < -0.39 is 0 Å². The number of rotatable bonds is 4. The molecule has 0 spiro atoms. The minimum absolute atomic E-state index is 0.131. The van der Waals surface area contributed by atoms with Gasteiger partial charge in [-0.3, -0.25) is 9.97 Å². The molecule has 0 radical (unpaired) electrons. The molecule has 1 atom stereocenters. The highest BCUT2D eigenvalue weighted by atomic mass is 16.5. The smallest absolute Gasteiger partial charge is 0.0914 e. The monoisotopic (exact) mass is 242 g/mol. The first-order valence-electron chi connectivity index (χ1n) is 6.22. The predicted molar refractivity (Wildman–Crippen MR) is 72.2 cm³/mol. The first kappa shape index (κ1) is 12.7. The van der Waals surface area contributed by atoms with Gasteiger partial charge in [-0.05, 0) is 26.3 Å². The Morgan fingerprint density at radius 1 is 1.11 bits per heavy atom. The average molecular weight is 242 g/mol. The molecule has 94 valence electrons. The van der Waals surface area contributed by atoms with Crippen molar-refractivity contribution >= 4 is 0 Å². The number of hydrogen-bond donors (Lipinski definition) is 0. The lowest BCUT2D eigenvalue weighted by molar-refractivity contribution is 0.0764. The number of aromatic nitrogens is 2. The first-order chi connectivity index (χ1) is 8.72. The maximum absolute atomic E-state index is 5.57. The van der Waals surface area contributed by atoms with Crippen molar-refractivity contribution in [1.82, 2.24) is 9.97 Å². The van der Waals surface area contributed by atoms with Crippen molar-refractivity contribution in [3.05, 3.63) is 47.9 Å². The topological polar surface area (TPSA) is 35.0 Å². The van der Waals surface area contributed by atoms with Gasteiger partial charge in [-0.25, -0.2) is 0 Å². The fraction of sp³-hybridized carbons (Fsp3) is 0.333. The second-order valence-corrected chi connectivity index (χ2v) is 4.21. The second kappa shape index (κ2) is 5.74. The Balaban J connectivity index is 2.25. The van der Waals surface area contributed by atoms with Crippen molar-refractivity contribution in [1.29, 1.82) is 0 Å². The zero-order valence-corrected chi connectivity index (χ0v) is 11.1. The van der Waals surface area contributed by atoms with Gasteiger partial charge in [-0.1, -0.05) is 24.3 Å². The summed E-state index contributed by atoms with van der Waals surface area (Å²) >= 11 is 0. The molecular weight excluding hydrogens is 224 g/mol. The highest BCUT2D eigenvalue weighted by Crippen LogP contribution is 2.23. The van der Waals surface area contributed by atoms with Gasteiger partial charge in [0.05, 0.1) is 17.5 Å². The van der Waals surface area contributed by atoms with Gasteiger partial charge in [0.25, 0.3) is 0 Å². The molecule has 0 saturated carbocycles. The van der Waals surface area contributed by atoms with Crippen molar-refractivity contribution in [3.8, 4) is 11.3 Å². The molecule has 1 heterocycles. The summed E-state index contributed by atoms with van der Waals surface area (Å²) in [5.74, 6) is 0. The summed E-state index contributed by atoms with van der Waals surface area (Å²) in [6.45, 7) is 6.77. The van der Waals surface area contributed by atoms with Crippen LogP contribution in [0, 0.1) is 6.92 Å². The average Bonchev–Trinajstić information content (AvgIpc) is 2.40. The fourth-order valence-electron chi connectivity index (χ4n) is 1.95. The van der Waals surface area contributed by atoms with Crippen LogP contribution in [-0.4, -0.2) is 16.6 Å². The molecule has 0 fully saturated rings. The summed E-state index contributed by atoms with van der Waals surface area (Å²) in [6, 6.07) is 8.32. The number of aryl methyl sites for hydroxylation is 1. The zero-order valence-electron chi connectivity index (χ0n) is 11.1. The van der Waals surface area contributed by atoms with E-state index in [2.05, 4.69) is 41.2 Å². The summed E-state index contributed by atoms with van der Waals surface area (Å²) in [5.41, 5.74) is 4.16. The van der Waals surface area contributed by atoms with Crippen LogP contribution in [0.3, 0.4) is 0 Å². The van der Waals surface area contributed by atoms with Gasteiger partial charge in [-0.15, -0.1) is 0 Å². The van der Waals surface area contributed by atoms with E-state index in [0.29, 0.717) is 0 Å². The summed E-state index contributed by atoms with van der Waals surface area (Å²) in [7, 11) is 0. The van der Waals surface area contributed by atoms with Gasteiger partial charge in [0, 0.05) is 24.6 Å². The van der Waals surface area contributed by atoms with Crippen LogP contribution in [0.15, 0.2) is 36.7 Å². The van der Waals surface area contributed by atoms with Crippen LogP contribution >= 0.6 is 0 Å². The van der Waals surface area contributed by atoms with Crippen LogP contribution in [0.1, 0.15) is 31.2 Å². The molecular formula is C15H18N2O. The van der Waals surface area contributed by atoms with Gasteiger partial charge in [0.15, 0.2) is 0 Å². The van der Waals surface area contributed by atoms with Crippen molar-refractivity contribution in [3.63, 3.8) is 0 Å². The second-order valence-electron chi connectivity index (χ2n) is 4.21. The van der Waals surface area contributed by atoms with Gasteiger partial charge < -0.3 is 4.74 Å². The molecule has 1 aromatic carbocycles. The van der Waals surface area contributed by atoms with Crippen LogP contribution < -0.4 is 0 Å². The maximum Gasteiger partial charge on any atom is 0.0914 e. The standard InChI is InChI=1S/C15H18N2O/c1-4-18-12(3)13-5-7-14(8-6-13)15-11(2)16-9-10-17-15/h5-10,12H,4H2,1-3H3/t12-/m1/s1. The fourth-order valence-corrected chi connectivity index (χ4v) is 1.95. The zero-order chi connectivity index (χ0) is 13.0. The highest BCUT2D eigenvalue weighted by Gasteiger charge is 2.07. The maximum atomic E-state index is 5.57. The number of nitrogens with zero attached hydrogens (tertiary/aromatic N) is 2. The van der Waals surface area contributed by atoms with Gasteiger partial charge in [-0.2, -0.15) is 0 Å². The van der Waals surface area contributed by atoms with Crippen LogP contribution in [0.25, 0.3) is 11.3 Å². The molecule has 0 bridgehead atoms. The van der Waals surface area contributed by atoms with E-state index in [9.17, 15) is 0 Å². The minimum atomic E-state index is 0.131. The molecule has 0 amide bonds. The Bertz CT molecular complexity index is 508. The molecule has 0 aliphatic carbocycles. The van der Waals surface area contributed by atoms with E-state index in [1.807, 2.05) is 13.8 Å². The van der Waals surface area contributed by atoms with E-state index in [1.165, 1.54) is 5.56 Å². The lowest BCUT2D eigenvalue weighted by Gasteiger charge is -2.12. The normalized spacial score (nSPS) is 12.4. The van der Waals surface area contributed by atoms with E-state index in [-0.39, 0.29) is 6.10 Å². The molecule has 18 heavy (non-hydrogen) atoms. The number of benzene rings is 1. The van der Waals surface area contributed by atoms with Gasteiger partial charge >= 0.3 is 0 Å². The Morgan fingerprint density at radius 3 is 2.39 bits per heavy atom. The molecule has 0 unspecified atom stereocenters. The number of hydrogen-bond acceptors (Lipinski definition) is 3. The van der Waals surface area contributed by atoms with Gasteiger partial charge in [0.1, 0.15) is 0 Å². The largest absolute Gasteiger partial charge is 0.374 e. The summed E-state index contributed by atoms with van der Waals surface area (Å²) in [5, 5.41) is 0. The molecule has 3 nitrogen and oxygen atoms in total. The van der Waals surface area contributed by atoms with Crippen LogP contribution in [0.5, 0.6) is 0 Å². The van der Waals surface area contributed by atoms with E-state index in [4.69, 9.17) is 4.74 Å².